The van der Waals surface area contributed by atoms with Crippen molar-refractivity contribution in [1.82, 2.24) is 0 Å². The predicted molar refractivity (Wildman–Crippen MR) is 84.5 cm³/mol. The molecule has 1 rings (SSSR count). The van der Waals surface area contributed by atoms with Crippen molar-refractivity contribution in [2.24, 2.45) is 0 Å². The fourth-order valence-corrected chi connectivity index (χ4v) is 2.38. The van der Waals surface area contributed by atoms with Crippen LogP contribution < -0.4 is 0 Å². The van der Waals surface area contributed by atoms with Gasteiger partial charge in [-0.05, 0) is 34.8 Å². The molecule has 0 heterocycles. The van der Waals surface area contributed by atoms with Gasteiger partial charge in [-0.15, -0.1) is 0 Å². The van der Waals surface area contributed by atoms with Crippen LogP contribution in [0.5, 0.6) is 0 Å². The lowest BCUT2D eigenvalue weighted by atomic mass is 10.1. The van der Waals surface area contributed by atoms with Gasteiger partial charge in [0.25, 0.3) is 0 Å². The molecule has 2 nitrogen and oxygen atoms in total. The van der Waals surface area contributed by atoms with Gasteiger partial charge in [-0.2, -0.15) is 0 Å². The van der Waals surface area contributed by atoms with Crippen LogP contribution in [-0.4, -0.2) is 20.0 Å². The van der Waals surface area contributed by atoms with Crippen molar-refractivity contribution >= 4 is 13.9 Å². The molecule has 3 heteroatoms. The van der Waals surface area contributed by atoms with Gasteiger partial charge in [0.1, 0.15) is 0 Å². The van der Waals surface area contributed by atoms with E-state index in [0.29, 0.717) is 6.61 Å². The predicted octanol–water partition coefficient (Wildman–Crippen LogP) is 4.21. The number of hydrogen-bond donors (Lipinski definition) is 1. The van der Waals surface area contributed by atoms with Crippen LogP contribution in [0.1, 0.15) is 31.9 Å². The fraction of sp³-hybridized carbons (Fsp3) is 0.500. The molecule has 0 atom stereocenters. The number of rotatable bonds is 5. The van der Waals surface area contributed by atoms with E-state index >= 15 is 0 Å². The number of aliphatic hydroxyl groups is 1. The minimum absolute atomic E-state index is 0.0766. The molecule has 0 saturated carbocycles. The highest BCUT2D eigenvalue weighted by molar-refractivity contribution is 6.74. The van der Waals surface area contributed by atoms with E-state index in [-0.39, 0.29) is 11.6 Å². The minimum atomic E-state index is -1.72. The minimum Gasteiger partial charge on any atom is -0.413 e. The molecule has 19 heavy (non-hydrogen) atoms. The first kappa shape index (κ1) is 16.2. The second kappa shape index (κ2) is 6.03. The highest BCUT2D eigenvalue weighted by atomic mass is 28.4. The Bertz CT molecular complexity index is 427. The summed E-state index contributed by atoms with van der Waals surface area (Å²) in [5, 5.41) is 9.24. The van der Waals surface area contributed by atoms with Gasteiger partial charge < -0.3 is 9.53 Å². The van der Waals surface area contributed by atoms with Gasteiger partial charge in [-0.1, -0.05) is 51.6 Å². The zero-order valence-corrected chi connectivity index (χ0v) is 13.8. The van der Waals surface area contributed by atoms with Crippen molar-refractivity contribution in [3.8, 4) is 0 Å². The summed E-state index contributed by atoms with van der Waals surface area (Å²) in [5.41, 5.74) is 2.99. The molecular formula is C16H26O2Si. The molecule has 0 fully saturated rings. The molecule has 0 aliphatic carbocycles. The smallest absolute Gasteiger partial charge is 0.192 e. The van der Waals surface area contributed by atoms with Crippen LogP contribution in [-0.2, 0) is 11.0 Å². The summed E-state index contributed by atoms with van der Waals surface area (Å²) in [6.07, 6.45) is 0. The average molecular weight is 278 g/mol. The molecule has 106 valence electrons. The SMILES string of the molecule is C=C(CO[Si](C)(C)C(C)(C)C)c1ccc(CO)cc1. The normalized spacial score (nSPS) is 12.5. The number of aliphatic hydroxyl groups excluding tert-OH is 1. The Morgan fingerprint density at radius 2 is 1.74 bits per heavy atom. The van der Waals surface area contributed by atoms with Crippen LogP contribution in [0.15, 0.2) is 30.8 Å². The van der Waals surface area contributed by atoms with E-state index in [1.165, 1.54) is 0 Å². The Morgan fingerprint density at radius 1 is 1.21 bits per heavy atom. The van der Waals surface area contributed by atoms with Gasteiger partial charge in [0.2, 0.25) is 0 Å². The second-order valence-corrected chi connectivity index (χ2v) is 11.3. The average Bonchev–Trinajstić information content (AvgIpc) is 2.35. The van der Waals surface area contributed by atoms with E-state index in [0.717, 1.165) is 16.7 Å². The molecule has 0 spiro atoms. The quantitative estimate of drug-likeness (QED) is 0.817. The Labute approximate surface area is 118 Å². The van der Waals surface area contributed by atoms with E-state index < -0.39 is 8.32 Å². The molecule has 1 N–H and O–H groups in total. The van der Waals surface area contributed by atoms with Crippen molar-refractivity contribution in [2.45, 2.75) is 45.5 Å². The van der Waals surface area contributed by atoms with E-state index in [2.05, 4.69) is 40.4 Å². The molecule has 0 amide bonds. The topological polar surface area (TPSA) is 29.5 Å². The number of hydrogen-bond acceptors (Lipinski definition) is 2. The monoisotopic (exact) mass is 278 g/mol. The third kappa shape index (κ3) is 4.30. The van der Waals surface area contributed by atoms with E-state index in [1.807, 2.05) is 24.3 Å². The molecule has 0 unspecified atom stereocenters. The molecule has 0 radical (unpaired) electrons. The standard InChI is InChI=1S/C16H26O2Si/c1-13(12-18-19(5,6)16(2,3)4)15-9-7-14(11-17)8-10-15/h7-10,17H,1,11-12H2,2-6H3. The highest BCUT2D eigenvalue weighted by Gasteiger charge is 2.37. The van der Waals surface area contributed by atoms with Crippen LogP contribution in [0, 0.1) is 0 Å². The van der Waals surface area contributed by atoms with E-state index in [9.17, 15) is 0 Å². The summed E-state index contributed by atoms with van der Waals surface area (Å²) in [6, 6.07) is 7.82. The third-order valence-electron chi connectivity index (χ3n) is 3.96. The summed E-state index contributed by atoms with van der Waals surface area (Å²) in [4.78, 5) is 0. The zero-order chi connectivity index (χ0) is 14.7. The summed E-state index contributed by atoms with van der Waals surface area (Å²) in [5.74, 6) is 0. The van der Waals surface area contributed by atoms with Crippen LogP contribution >= 0.6 is 0 Å². The van der Waals surface area contributed by atoms with Gasteiger partial charge in [0.15, 0.2) is 8.32 Å². The third-order valence-corrected chi connectivity index (χ3v) is 8.44. The first-order valence-electron chi connectivity index (χ1n) is 6.69. The Kier molecular flexibility index (Phi) is 5.13. The summed E-state index contributed by atoms with van der Waals surface area (Å²) in [7, 11) is -1.72. The lowest BCUT2D eigenvalue weighted by molar-refractivity contribution is 0.282. The van der Waals surface area contributed by atoms with Crippen LogP contribution in [0.25, 0.3) is 5.57 Å². The molecule has 0 bridgehead atoms. The van der Waals surface area contributed by atoms with Crippen molar-refractivity contribution < 1.29 is 9.53 Å². The first-order valence-corrected chi connectivity index (χ1v) is 9.60. The summed E-state index contributed by atoms with van der Waals surface area (Å²) >= 11 is 0. The molecule has 0 aliphatic rings. The van der Waals surface area contributed by atoms with Crippen molar-refractivity contribution in [3.63, 3.8) is 0 Å². The van der Waals surface area contributed by atoms with Crippen molar-refractivity contribution in [2.75, 3.05) is 6.61 Å². The maximum Gasteiger partial charge on any atom is 0.192 e. The van der Waals surface area contributed by atoms with Gasteiger partial charge in [0.05, 0.1) is 13.2 Å². The van der Waals surface area contributed by atoms with E-state index in [4.69, 9.17) is 9.53 Å². The highest BCUT2D eigenvalue weighted by Crippen LogP contribution is 2.37. The van der Waals surface area contributed by atoms with Crippen molar-refractivity contribution in [1.29, 1.82) is 0 Å². The van der Waals surface area contributed by atoms with Crippen LogP contribution in [0.4, 0.5) is 0 Å². The summed E-state index contributed by atoms with van der Waals surface area (Å²) in [6.45, 7) is 15.9. The number of benzene rings is 1. The Balaban J connectivity index is 2.65. The van der Waals surface area contributed by atoms with Crippen LogP contribution in [0.2, 0.25) is 18.1 Å². The van der Waals surface area contributed by atoms with Crippen molar-refractivity contribution in [3.05, 3.63) is 42.0 Å². The fourth-order valence-electron chi connectivity index (χ4n) is 1.41. The van der Waals surface area contributed by atoms with Gasteiger partial charge in [0, 0.05) is 0 Å². The van der Waals surface area contributed by atoms with Gasteiger partial charge >= 0.3 is 0 Å². The largest absolute Gasteiger partial charge is 0.413 e. The molecule has 1 aromatic carbocycles. The summed E-state index contributed by atoms with van der Waals surface area (Å²) < 4.78 is 6.16. The van der Waals surface area contributed by atoms with Crippen LogP contribution in [0.3, 0.4) is 0 Å². The molecule has 0 aromatic heterocycles. The molecule has 0 aliphatic heterocycles. The molecule has 1 aromatic rings. The van der Waals surface area contributed by atoms with Gasteiger partial charge in [-0.25, -0.2) is 0 Å². The maximum absolute atomic E-state index is 9.03. The second-order valence-electron chi connectivity index (χ2n) is 6.51. The molecular weight excluding hydrogens is 252 g/mol. The maximum atomic E-state index is 9.03. The Hall–Kier alpha value is -0.903. The lowest BCUT2D eigenvalue weighted by Gasteiger charge is -2.36. The van der Waals surface area contributed by atoms with Gasteiger partial charge in [-0.3, -0.25) is 0 Å². The Morgan fingerprint density at radius 3 is 2.16 bits per heavy atom. The molecule has 0 saturated heterocycles. The first-order chi connectivity index (χ1) is 8.67. The lowest BCUT2D eigenvalue weighted by Crippen LogP contribution is -2.41. The van der Waals surface area contributed by atoms with E-state index in [1.54, 1.807) is 0 Å². The zero-order valence-electron chi connectivity index (χ0n) is 12.8.